The molecule has 0 aromatic heterocycles. The molecule has 136 valence electrons. The molecule has 0 atom stereocenters. The van der Waals surface area contributed by atoms with Crippen molar-refractivity contribution in [3.8, 4) is 11.5 Å². The van der Waals surface area contributed by atoms with Crippen LogP contribution in [0.1, 0.15) is 5.56 Å². The lowest BCUT2D eigenvalue weighted by Crippen LogP contribution is -2.09. The first-order chi connectivity index (χ1) is 12.3. The Kier molecular flexibility index (Phi) is 6.43. The van der Waals surface area contributed by atoms with Gasteiger partial charge in [-0.25, -0.2) is 0 Å². The van der Waals surface area contributed by atoms with Gasteiger partial charge in [0.15, 0.2) is 0 Å². The Morgan fingerprint density at radius 3 is 2.42 bits per heavy atom. The first-order valence-corrected chi connectivity index (χ1v) is 7.95. The zero-order chi connectivity index (χ0) is 19.3. The summed E-state index contributed by atoms with van der Waals surface area (Å²) in [5.74, 6) is 0.269. The number of anilines is 1. The Hall–Kier alpha value is -2.77. The third-order valence-electron chi connectivity index (χ3n) is 3.33. The lowest BCUT2D eigenvalue weighted by atomic mass is 10.2. The zero-order valence-electron chi connectivity index (χ0n) is 13.8. The molecular weight excluding hydrogens is 383 g/mol. The molecule has 0 heterocycles. The summed E-state index contributed by atoms with van der Waals surface area (Å²) in [6.07, 6.45) is 2.66. The van der Waals surface area contributed by atoms with Gasteiger partial charge in [-0.15, -0.1) is 0 Å². The Labute approximate surface area is 159 Å². The minimum Gasteiger partial charge on any atom is -0.495 e. The van der Waals surface area contributed by atoms with Gasteiger partial charge in [-0.2, -0.15) is 0 Å². The lowest BCUT2D eigenvalue weighted by Gasteiger charge is -2.12. The molecule has 1 N–H and O–H groups in total. The number of methoxy groups -OCH3 is 2. The summed E-state index contributed by atoms with van der Waals surface area (Å²) in [4.78, 5) is 22.4. The van der Waals surface area contributed by atoms with Gasteiger partial charge in [-0.1, -0.05) is 29.3 Å². The first-order valence-electron chi connectivity index (χ1n) is 7.20. The van der Waals surface area contributed by atoms with Gasteiger partial charge < -0.3 is 14.8 Å². The fraction of sp³-hybridized carbons (Fsp3) is 0.118. The second-order valence-electron chi connectivity index (χ2n) is 4.98. The van der Waals surface area contributed by atoms with E-state index in [1.165, 1.54) is 50.6 Å². The molecule has 2 aromatic carbocycles. The molecule has 0 radical (unpaired) electrons. The van der Waals surface area contributed by atoms with E-state index in [0.717, 1.165) is 0 Å². The summed E-state index contributed by atoms with van der Waals surface area (Å²) in [6.45, 7) is 0. The smallest absolute Gasteiger partial charge is 0.288 e. The molecule has 7 nitrogen and oxygen atoms in total. The number of hydrogen-bond acceptors (Lipinski definition) is 5. The highest BCUT2D eigenvalue weighted by Gasteiger charge is 2.13. The van der Waals surface area contributed by atoms with E-state index in [-0.39, 0.29) is 10.7 Å². The van der Waals surface area contributed by atoms with Crippen LogP contribution in [0.25, 0.3) is 6.08 Å². The molecule has 9 heteroatoms. The molecule has 0 aliphatic rings. The Morgan fingerprint density at radius 2 is 1.81 bits per heavy atom. The summed E-state index contributed by atoms with van der Waals surface area (Å²) < 4.78 is 10.3. The lowest BCUT2D eigenvalue weighted by molar-refractivity contribution is -0.384. The Bertz CT molecular complexity index is 884. The molecule has 0 saturated carbocycles. The molecule has 26 heavy (non-hydrogen) atoms. The van der Waals surface area contributed by atoms with Gasteiger partial charge in [0, 0.05) is 24.3 Å². The van der Waals surface area contributed by atoms with Crippen LogP contribution in [-0.4, -0.2) is 25.1 Å². The number of carbonyl (C=O) groups excluding carboxylic acids is 1. The maximum absolute atomic E-state index is 12.1. The van der Waals surface area contributed by atoms with Crippen LogP contribution in [0.3, 0.4) is 0 Å². The standard InChI is InChI=1S/C17H14Cl2N2O5/c1-25-15-9-13(16(26-2)8-12(15)19)20-17(22)6-4-10-3-5-11(18)14(7-10)21(23)24/h3-9H,1-2H3,(H,20,22). The molecule has 0 spiro atoms. The maximum atomic E-state index is 12.1. The van der Waals surface area contributed by atoms with E-state index in [1.807, 2.05) is 0 Å². The van der Waals surface area contributed by atoms with E-state index >= 15 is 0 Å². The third-order valence-corrected chi connectivity index (χ3v) is 3.94. The van der Waals surface area contributed by atoms with Gasteiger partial charge in [0.1, 0.15) is 16.5 Å². The van der Waals surface area contributed by atoms with Crippen LogP contribution < -0.4 is 14.8 Å². The van der Waals surface area contributed by atoms with Gasteiger partial charge in [0.25, 0.3) is 5.69 Å². The second-order valence-corrected chi connectivity index (χ2v) is 5.79. The number of benzene rings is 2. The Balaban J connectivity index is 2.20. The first kappa shape index (κ1) is 19.6. The highest BCUT2D eigenvalue weighted by atomic mass is 35.5. The van der Waals surface area contributed by atoms with Crippen molar-refractivity contribution in [2.45, 2.75) is 0 Å². The van der Waals surface area contributed by atoms with Crippen LogP contribution in [0.5, 0.6) is 11.5 Å². The minimum atomic E-state index is -0.593. The monoisotopic (exact) mass is 396 g/mol. The maximum Gasteiger partial charge on any atom is 0.288 e. The van der Waals surface area contributed by atoms with E-state index < -0.39 is 10.8 Å². The van der Waals surface area contributed by atoms with E-state index in [4.69, 9.17) is 32.7 Å². The molecule has 2 aromatic rings. The van der Waals surface area contributed by atoms with Crippen LogP contribution in [0.4, 0.5) is 11.4 Å². The van der Waals surface area contributed by atoms with Crippen LogP contribution in [0.15, 0.2) is 36.4 Å². The minimum absolute atomic E-state index is 0.0228. The summed E-state index contributed by atoms with van der Waals surface area (Å²) in [5.41, 5.74) is 0.584. The average Bonchev–Trinajstić information content (AvgIpc) is 2.61. The van der Waals surface area contributed by atoms with Gasteiger partial charge in [0.2, 0.25) is 5.91 Å². The van der Waals surface area contributed by atoms with Gasteiger partial charge >= 0.3 is 0 Å². The van der Waals surface area contributed by atoms with Crippen molar-refractivity contribution in [1.29, 1.82) is 0 Å². The van der Waals surface area contributed by atoms with Crippen molar-refractivity contribution < 1.29 is 19.2 Å². The zero-order valence-corrected chi connectivity index (χ0v) is 15.3. The molecule has 0 fully saturated rings. The molecule has 0 saturated heterocycles. The van der Waals surface area contributed by atoms with E-state index in [9.17, 15) is 14.9 Å². The predicted octanol–water partition coefficient (Wildman–Crippen LogP) is 4.57. The van der Waals surface area contributed by atoms with Crippen molar-refractivity contribution in [2.75, 3.05) is 19.5 Å². The third kappa shape index (κ3) is 4.65. The number of nitro groups is 1. The summed E-state index contributed by atoms with van der Waals surface area (Å²) in [7, 11) is 2.89. The van der Waals surface area contributed by atoms with Crippen LogP contribution in [-0.2, 0) is 4.79 Å². The quantitative estimate of drug-likeness (QED) is 0.438. The normalized spacial score (nSPS) is 10.6. The van der Waals surface area contributed by atoms with Crippen molar-refractivity contribution >= 4 is 46.6 Å². The number of rotatable bonds is 6. The number of nitrogens with one attached hydrogen (secondary N) is 1. The fourth-order valence-corrected chi connectivity index (χ4v) is 2.50. The number of carbonyl (C=O) groups is 1. The molecule has 0 bridgehead atoms. The number of hydrogen-bond donors (Lipinski definition) is 1. The van der Waals surface area contributed by atoms with Crippen molar-refractivity contribution in [3.63, 3.8) is 0 Å². The topological polar surface area (TPSA) is 90.7 Å². The van der Waals surface area contributed by atoms with Gasteiger partial charge in [-0.3, -0.25) is 14.9 Å². The summed E-state index contributed by atoms with van der Waals surface area (Å²) >= 11 is 11.8. The highest BCUT2D eigenvalue weighted by molar-refractivity contribution is 6.33. The number of amides is 1. The van der Waals surface area contributed by atoms with Crippen LogP contribution >= 0.6 is 23.2 Å². The molecule has 0 aliphatic carbocycles. The second kappa shape index (κ2) is 8.55. The number of halogens is 2. The molecule has 2 rings (SSSR count). The van der Waals surface area contributed by atoms with E-state index in [2.05, 4.69) is 5.32 Å². The number of nitrogens with zero attached hydrogens (tertiary/aromatic N) is 1. The summed E-state index contributed by atoms with van der Waals surface area (Å²) in [5, 5.41) is 13.9. The van der Waals surface area contributed by atoms with Crippen molar-refractivity contribution in [2.24, 2.45) is 0 Å². The van der Waals surface area contributed by atoms with Crippen molar-refractivity contribution in [3.05, 3.63) is 62.1 Å². The molecule has 0 aliphatic heterocycles. The predicted molar refractivity (Wildman–Crippen MR) is 100 cm³/mol. The average molecular weight is 397 g/mol. The fourth-order valence-electron chi connectivity index (χ4n) is 2.08. The van der Waals surface area contributed by atoms with Crippen LogP contribution in [0.2, 0.25) is 10.0 Å². The van der Waals surface area contributed by atoms with Crippen molar-refractivity contribution in [1.82, 2.24) is 0 Å². The molecular formula is C17H14Cl2N2O5. The Morgan fingerprint density at radius 1 is 1.12 bits per heavy atom. The van der Waals surface area contributed by atoms with Gasteiger partial charge in [0.05, 0.1) is 29.9 Å². The van der Waals surface area contributed by atoms with Crippen LogP contribution in [0, 0.1) is 10.1 Å². The van der Waals surface area contributed by atoms with E-state index in [1.54, 1.807) is 6.07 Å². The largest absolute Gasteiger partial charge is 0.495 e. The van der Waals surface area contributed by atoms with E-state index in [0.29, 0.717) is 27.8 Å². The van der Waals surface area contributed by atoms with Gasteiger partial charge in [-0.05, 0) is 17.7 Å². The highest BCUT2D eigenvalue weighted by Crippen LogP contribution is 2.35. The molecule has 1 amide bonds. The number of ether oxygens (including phenoxy) is 2. The number of nitro benzene ring substituents is 1. The molecule has 0 unspecified atom stereocenters. The summed E-state index contributed by atoms with van der Waals surface area (Å²) in [6, 6.07) is 7.27. The SMILES string of the molecule is COc1cc(NC(=O)C=Cc2ccc(Cl)c([N+](=O)[O-])c2)c(OC)cc1Cl.